The molecule has 0 aliphatic heterocycles. The Morgan fingerprint density at radius 2 is 2.00 bits per heavy atom. The fourth-order valence-corrected chi connectivity index (χ4v) is 2.68. The molecule has 1 unspecified atom stereocenters. The third-order valence-electron chi connectivity index (χ3n) is 1.97. The predicted octanol–water partition coefficient (Wildman–Crippen LogP) is 4.32. The number of rotatable bonds is 3. The van der Waals surface area contributed by atoms with Crippen molar-refractivity contribution in [1.82, 2.24) is 4.98 Å². The van der Waals surface area contributed by atoms with Crippen molar-refractivity contribution in [3.8, 4) is 10.6 Å². The molecule has 0 amide bonds. The molecule has 0 bridgehead atoms. The molecule has 1 aromatic heterocycles. The van der Waals surface area contributed by atoms with E-state index in [9.17, 15) is 0 Å². The second kappa shape index (κ2) is 5.30. The zero-order valence-electron chi connectivity index (χ0n) is 7.70. The average Bonchev–Trinajstić information content (AvgIpc) is 2.82. The van der Waals surface area contributed by atoms with Crippen LogP contribution >= 0.6 is 46.4 Å². The standard InChI is InChI=1S/C10H9NS4/c12-10(15-13)8-3-1-7(2-4-8)9-11-5-6-14-9/h1-6,10,12-13H. The molecule has 0 saturated heterocycles. The molecule has 0 aliphatic carbocycles. The maximum Gasteiger partial charge on any atom is 0.123 e. The van der Waals surface area contributed by atoms with Gasteiger partial charge in [-0.2, -0.15) is 12.6 Å². The van der Waals surface area contributed by atoms with Gasteiger partial charge in [0, 0.05) is 17.1 Å². The molecule has 0 spiro atoms. The number of benzene rings is 1. The Labute approximate surface area is 108 Å². The van der Waals surface area contributed by atoms with E-state index < -0.39 is 0 Å². The number of thiol groups is 2. The van der Waals surface area contributed by atoms with Crippen molar-refractivity contribution in [3.63, 3.8) is 0 Å². The fraction of sp³-hybridized carbons (Fsp3) is 0.100. The van der Waals surface area contributed by atoms with Crippen LogP contribution in [-0.4, -0.2) is 4.98 Å². The van der Waals surface area contributed by atoms with Crippen molar-refractivity contribution >= 4 is 46.4 Å². The van der Waals surface area contributed by atoms with Crippen molar-refractivity contribution in [3.05, 3.63) is 41.4 Å². The number of nitrogens with zero attached hydrogens (tertiary/aromatic N) is 1. The van der Waals surface area contributed by atoms with Crippen LogP contribution in [0.2, 0.25) is 0 Å². The lowest BCUT2D eigenvalue weighted by molar-refractivity contribution is 1.38. The lowest BCUT2D eigenvalue weighted by Crippen LogP contribution is -1.83. The molecule has 0 fully saturated rings. The van der Waals surface area contributed by atoms with Gasteiger partial charge in [0.05, 0.1) is 4.58 Å². The van der Waals surface area contributed by atoms with Gasteiger partial charge in [-0.3, -0.25) is 0 Å². The van der Waals surface area contributed by atoms with Gasteiger partial charge in [0.25, 0.3) is 0 Å². The molecular formula is C10H9NS4. The van der Waals surface area contributed by atoms with E-state index in [1.54, 1.807) is 11.3 Å². The van der Waals surface area contributed by atoms with Crippen molar-refractivity contribution in [1.29, 1.82) is 0 Å². The normalized spacial score (nSPS) is 12.7. The SMILES string of the molecule is SSC(S)c1ccc(-c2nccs2)cc1. The van der Waals surface area contributed by atoms with E-state index >= 15 is 0 Å². The average molecular weight is 271 g/mol. The van der Waals surface area contributed by atoms with E-state index in [0.717, 1.165) is 10.6 Å². The highest BCUT2D eigenvalue weighted by Gasteiger charge is 2.05. The molecule has 0 saturated carbocycles. The molecule has 0 radical (unpaired) electrons. The van der Waals surface area contributed by atoms with Crippen LogP contribution in [0.5, 0.6) is 0 Å². The topological polar surface area (TPSA) is 12.9 Å². The number of thiazole rings is 1. The minimum absolute atomic E-state index is 0.124. The zero-order chi connectivity index (χ0) is 10.7. The van der Waals surface area contributed by atoms with Crippen LogP contribution in [0.4, 0.5) is 0 Å². The van der Waals surface area contributed by atoms with Gasteiger partial charge < -0.3 is 0 Å². The summed E-state index contributed by atoms with van der Waals surface area (Å²) in [6, 6.07) is 8.28. The number of aromatic nitrogens is 1. The van der Waals surface area contributed by atoms with Gasteiger partial charge in [0.1, 0.15) is 5.01 Å². The van der Waals surface area contributed by atoms with E-state index in [4.69, 9.17) is 0 Å². The summed E-state index contributed by atoms with van der Waals surface area (Å²) in [6.07, 6.45) is 1.82. The Hall–Kier alpha value is -0.100. The summed E-state index contributed by atoms with van der Waals surface area (Å²) in [5.74, 6) is 0. The second-order valence-corrected chi connectivity index (χ2v) is 5.99. The molecule has 15 heavy (non-hydrogen) atoms. The third kappa shape index (κ3) is 2.72. The molecule has 2 rings (SSSR count). The van der Waals surface area contributed by atoms with Crippen LogP contribution in [0, 0.1) is 0 Å². The number of hydrogen-bond donors (Lipinski definition) is 2. The largest absolute Gasteiger partial charge is 0.245 e. The zero-order valence-corrected chi connectivity index (χ0v) is 11.1. The van der Waals surface area contributed by atoms with E-state index in [0.29, 0.717) is 0 Å². The first kappa shape index (κ1) is 11.4. The Morgan fingerprint density at radius 1 is 1.27 bits per heavy atom. The molecule has 2 aromatic rings. The van der Waals surface area contributed by atoms with E-state index in [2.05, 4.69) is 53.5 Å². The smallest absolute Gasteiger partial charge is 0.123 e. The van der Waals surface area contributed by atoms with Crippen LogP contribution in [-0.2, 0) is 0 Å². The summed E-state index contributed by atoms with van der Waals surface area (Å²) in [5, 5.41) is 3.03. The summed E-state index contributed by atoms with van der Waals surface area (Å²) < 4.78 is 0.124. The molecule has 1 atom stereocenters. The summed E-state index contributed by atoms with van der Waals surface area (Å²) in [7, 11) is 1.43. The fourth-order valence-electron chi connectivity index (χ4n) is 1.22. The van der Waals surface area contributed by atoms with E-state index in [1.165, 1.54) is 16.4 Å². The van der Waals surface area contributed by atoms with Gasteiger partial charge in [-0.25, -0.2) is 4.98 Å². The minimum Gasteiger partial charge on any atom is -0.245 e. The van der Waals surface area contributed by atoms with Crippen molar-refractivity contribution in [2.75, 3.05) is 0 Å². The molecule has 0 N–H and O–H groups in total. The Balaban J connectivity index is 2.25. The van der Waals surface area contributed by atoms with E-state index in [-0.39, 0.29) is 4.58 Å². The Bertz CT molecular complexity index is 409. The van der Waals surface area contributed by atoms with Crippen molar-refractivity contribution in [2.45, 2.75) is 4.58 Å². The minimum atomic E-state index is 0.124. The maximum atomic E-state index is 4.40. The molecule has 78 valence electrons. The quantitative estimate of drug-likeness (QED) is 0.490. The maximum absolute atomic E-state index is 4.40. The van der Waals surface area contributed by atoms with Crippen molar-refractivity contribution in [2.24, 2.45) is 0 Å². The van der Waals surface area contributed by atoms with Gasteiger partial charge in [0.2, 0.25) is 0 Å². The van der Waals surface area contributed by atoms with Crippen LogP contribution in [0.1, 0.15) is 10.1 Å². The molecule has 1 aromatic carbocycles. The summed E-state index contributed by atoms with van der Waals surface area (Å²) in [6.45, 7) is 0. The molecular weight excluding hydrogens is 262 g/mol. The molecule has 1 heterocycles. The van der Waals surface area contributed by atoms with E-state index in [1.807, 2.05) is 11.6 Å². The number of hydrogen-bond acceptors (Lipinski definition) is 5. The summed E-state index contributed by atoms with van der Waals surface area (Å²) in [5.41, 5.74) is 2.32. The monoisotopic (exact) mass is 271 g/mol. The highest BCUT2D eigenvalue weighted by atomic mass is 33.1. The highest BCUT2D eigenvalue weighted by Crippen LogP contribution is 2.35. The first-order valence-electron chi connectivity index (χ1n) is 4.29. The third-order valence-corrected chi connectivity index (χ3v) is 5.01. The predicted molar refractivity (Wildman–Crippen MR) is 75.9 cm³/mol. The van der Waals surface area contributed by atoms with Crippen LogP contribution < -0.4 is 0 Å². The Kier molecular flexibility index (Phi) is 4.02. The first-order chi connectivity index (χ1) is 7.31. The van der Waals surface area contributed by atoms with Gasteiger partial charge >= 0.3 is 0 Å². The van der Waals surface area contributed by atoms with Gasteiger partial charge in [-0.1, -0.05) is 35.1 Å². The van der Waals surface area contributed by atoms with Crippen LogP contribution in [0.3, 0.4) is 0 Å². The summed E-state index contributed by atoms with van der Waals surface area (Å²) >= 11 is 10.2. The van der Waals surface area contributed by atoms with Crippen LogP contribution in [0.15, 0.2) is 35.8 Å². The molecule has 5 heteroatoms. The molecule has 1 nitrogen and oxygen atoms in total. The van der Waals surface area contributed by atoms with Gasteiger partial charge in [-0.05, 0) is 5.56 Å². The van der Waals surface area contributed by atoms with Crippen molar-refractivity contribution < 1.29 is 0 Å². The lowest BCUT2D eigenvalue weighted by atomic mass is 10.1. The second-order valence-electron chi connectivity index (χ2n) is 2.92. The van der Waals surface area contributed by atoms with Gasteiger partial charge in [-0.15, -0.1) is 23.0 Å². The highest BCUT2D eigenvalue weighted by molar-refractivity contribution is 8.70. The first-order valence-corrected chi connectivity index (χ1v) is 7.62. The summed E-state index contributed by atoms with van der Waals surface area (Å²) in [4.78, 5) is 4.26. The lowest BCUT2D eigenvalue weighted by Gasteiger charge is -2.06. The Morgan fingerprint density at radius 3 is 2.53 bits per heavy atom. The molecule has 0 aliphatic rings. The van der Waals surface area contributed by atoms with Gasteiger partial charge in [0.15, 0.2) is 0 Å². The van der Waals surface area contributed by atoms with Crippen LogP contribution in [0.25, 0.3) is 10.6 Å².